The molecule has 1 N–H and O–H groups in total. The van der Waals surface area contributed by atoms with Crippen LogP contribution in [0.1, 0.15) is 32.6 Å². The molecule has 2 heterocycles. The van der Waals surface area contributed by atoms with E-state index in [1.54, 1.807) is 6.07 Å². The van der Waals surface area contributed by atoms with Crippen molar-refractivity contribution in [3.63, 3.8) is 0 Å². The Morgan fingerprint density at radius 1 is 1.29 bits per heavy atom. The molecule has 0 spiro atoms. The van der Waals surface area contributed by atoms with E-state index < -0.39 is 0 Å². The number of hydrogen-bond acceptors (Lipinski definition) is 3. The van der Waals surface area contributed by atoms with Crippen LogP contribution in [-0.4, -0.2) is 33.4 Å². The maximum Gasteiger partial charge on any atom is 0.262 e. The van der Waals surface area contributed by atoms with Crippen molar-refractivity contribution >= 4 is 29.0 Å². The third kappa shape index (κ3) is 3.59. The summed E-state index contributed by atoms with van der Waals surface area (Å²) >= 11 is 5.30. The largest absolute Gasteiger partial charge is 0.343 e. The fourth-order valence-corrected chi connectivity index (χ4v) is 3.56. The maximum atomic E-state index is 12.6. The van der Waals surface area contributed by atoms with Gasteiger partial charge < -0.3 is 9.88 Å². The molecule has 2 aromatic rings. The molecule has 1 saturated heterocycles. The monoisotopic (exact) mass is 345 g/mol. The second kappa shape index (κ2) is 7.30. The molecule has 1 aliphatic rings. The lowest BCUT2D eigenvalue weighted by atomic mass is 10.0. The topological polar surface area (TPSA) is 58.1 Å². The Morgan fingerprint density at radius 3 is 2.92 bits per heavy atom. The number of nitrogens with zero attached hydrogens (tertiary/aromatic N) is 2. The predicted octanol–water partition coefficient (Wildman–Crippen LogP) is 3.10. The SMILES string of the molecule is CC1CCCN(C(=O)CCn2c(=S)[nH]c3ccccc3c2=O)CC1. The van der Waals surface area contributed by atoms with Gasteiger partial charge >= 0.3 is 0 Å². The van der Waals surface area contributed by atoms with Crippen LogP contribution >= 0.6 is 12.2 Å². The second-order valence-corrected chi connectivity index (χ2v) is 6.99. The maximum absolute atomic E-state index is 12.6. The average molecular weight is 345 g/mol. The minimum Gasteiger partial charge on any atom is -0.343 e. The van der Waals surface area contributed by atoms with Crippen LogP contribution in [0, 0.1) is 10.7 Å². The van der Waals surface area contributed by atoms with Gasteiger partial charge in [0.15, 0.2) is 4.77 Å². The number of likely N-dealkylation sites (tertiary alicyclic amines) is 1. The lowest BCUT2D eigenvalue weighted by Crippen LogP contribution is -2.33. The lowest BCUT2D eigenvalue weighted by molar-refractivity contribution is -0.131. The third-order valence-corrected chi connectivity index (χ3v) is 5.13. The van der Waals surface area contributed by atoms with E-state index in [4.69, 9.17) is 12.2 Å². The number of aromatic nitrogens is 2. The molecule has 1 atom stereocenters. The average Bonchev–Trinajstić information content (AvgIpc) is 2.79. The summed E-state index contributed by atoms with van der Waals surface area (Å²) in [6.07, 6.45) is 3.61. The first-order chi connectivity index (χ1) is 11.6. The molecule has 1 aromatic carbocycles. The van der Waals surface area contributed by atoms with Gasteiger partial charge in [0.1, 0.15) is 0 Å². The smallest absolute Gasteiger partial charge is 0.262 e. The fraction of sp³-hybridized carbons (Fsp3) is 0.500. The van der Waals surface area contributed by atoms with Crippen LogP contribution in [0.4, 0.5) is 0 Å². The van der Waals surface area contributed by atoms with Crippen LogP contribution in [-0.2, 0) is 11.3 Å². The first kappa shape index (κ1) is 16.9. The molecule has 5 nitrogen and oxygen atoms in total. The van der Waals surface area contributed by atoms with Crippen LogP contribution in [0.15, 0.2) is 29.1 Å². The van der Waals surface area contributed by atoms with Crippen molar-refractivity contribution in [2.45, 2.75) is 39.2 Å². The van der Waals surface area contributed by atoms with Gasteiger partial charge in [-0.3, -0.25) is 14.2 Å². The highest BCUT2D eigenvalue weighted by Gasteiger charge is 2.18. The summed E-state index contributed by atoms with van der Waals surface area (Å²) in [6, 6.07) is 7.30. The highest BCUT2D eigenvalue weighted by molar-refractivity contribution is 7.71. The molecule has 0 radical (unpaired) electrons. The summed E-state index contributed by atoms with van der Waals surface area (Å²) in [5, 5.41) is 0.599. The molecule has 6 heteroatoms. The van der Waals surface area contributed by atoms with E-state index in [2.05, 4.69) is 11.9 Å². The summed E-state index contributed by atoms with van der Waals surface area (Å²) < 4.78 is 1.87. The molecule has 3 rings (SSSR count). The van der Waals surface area contributed by atoms with E-state index >= 15 is 0 Å². The lowest BCUT2D eigenvalue weighted by Gasteiger charge is -2.20. The molecule has 1 aliphatic heterocycles. The normalized spacial score (nSPS) is 18.5. The number of benzene rings is 1. The Kier molecular flexibility index (Phi) is 5.14. The summed E-state index contributed by atoms with van der Waals surface area (Å²) in [7, 11) is 0. The Balaban J connectivity index is 1.75. The van der Waals surface area contributed by atoms with Crippen molar-refractivity contribution < 1.29 is 4.79 Å². The first-order valence-electron chi connectivity index (χ1n) is 8.56. The van der Waals surface area contributed by atoms with E-state index in [0.717, 1.165) is 31.4 Å². The molecule has 1 fully saturated rings. The quantitative estimate of drug-likeness (QED) is 0.870. The fourth-order valence-electron chi connectivity index (χ4n) is 3.28. The number of hydrogen-bond donors (Lipinski definition) is 1. The predicted molar refractivity (Wildman–Crippen MR) is 97.6 cm³/mol. The van der Waals surface area contributed by atoms with Crippen LogP contribution < -0.4 is 5.56 Å². The molecular weight excluding hydrogens is 322 g/mol. The number of fused-ring (bicyclic) bond motifs is 1. The molecule has 24 heavy (non-hydrogen) atoms. The van der Waals surface area contributed by atoms with E-state index in [1.807, 2.05) is 23.1 Å². The van der Waals surface area contributed by atoms with Crippen LogP contribution in [0.2, 0.25) is 0 Å². The molecule has 0 saturated carbocycles. The van der Waals surface area contributed by atoms with Gasteiger partial charge in [-0.15, -0.1) is 0 Å². The van der Waals surface area contributed by atoms with Crippen molar-refractivity contribution in [2.24, 2.45) is 5.92 Å². The van der Waals surface area contributed by atoms with Crippen molar-refractivity contribution in [1.29, 1.82) is 0 Å². The Hall–Kier alpha value is -1.95. The highest BCUT2D eigenvalue weighted by Crippen LogP contribution is 2.17. The minimum absolute atomic E-state index is 0.110. The van der Waals surface area contributed by atoms with Crippen molar-refractivity contribution in [1.82, 2.24) is 14.5 Å². The zero-order chi connectivity index (χ0) is 17.1. The summed E-state index contributed by atoms with van der Waals surface area (Å²) in [5.74, 6) is 0.790. The van der Waals surface area contributed by atoms with Gasteiger partial charge in [0.05, 0.1) is 10.9 Å². The molecule has 0 bridgehead atoms. The van der Waals surface area contributed by atoms with Gasteiger partial charge in [-0.1, -0.05) is 19.1 Å². The summed E-state index contributed by atoms with van der Waals surface area (Å²) in [5.41, 5.74) is 0.600. The first-order valence-corrected chi connectivity index (χ1v) is 8.96. The van der Waals surface area contributed by atoms with Gasteiger partial charge in [0, 0.05) is 26.1 Å². The molecule has 1 amide bonds. The number of carbonyl (C=O) groups is 1. The van der Waals surface area contributed by atoms with Crippen molar-refractivity contribution in [3.8, 4) is 0 Å². The summed E-state index contributed by atoms with van der Waals surface area (Å²) in [4.78, 5) is 30.1. The van der Waals surface area contributed by atoms with Crippen LogP contribution in [0.5, 0.6) is 0 Å². The Labute approximate surface area is 146 Å². The molecule has 0 aliphatic carbocycles. The number of carbonyl (C=O) groups excluding carboxylic acids is 1. The molecule has 1 aromatic heterocycles. The number of para-hydroxylation sites is 1. The van der Waals surface area contributed by atoms with Gasteiger partial charge in [0.25, 0.3) is 5.56 Å². The van der Waals surface area contributed by atoms with Crippen molar-refractivity contribution in [3.05, 3.63) is 39.4 Å². The van der Waals surface area contributed by atoms with Gasteiger partial charge in [-0.05, 0) is 49.5 Å². The second-order valence-electron chi connectivity index (χ2n) is 6.60. The van der Waals surface area contributed by atoms with Crippen LogP contribution in [0.3, 0.4) is 0 Å². The molecule has 128 valence electrons. The van der Waals surface area contributed by atoms with E-state index in [1.165, 1.54) is 11.0 Å². The molecule has 1 unspecified atom stereocenters. The van der Waals surface area contributed by atoms with E-state index in [0.29, 0.717) is 29.0 Å². The number of nitrogens with one attached hydrogen (secondary N) is 1. The van der Waals surface area contributed by atoms with E-state index in [9.17, 15) is 9.59 Å². The number of H-pyrrole nitrogens is 1. The van der Waals surface area contributed by atoms with E-state index in [-0.39, 0.29) is 11.5 Å². The highest BCUT2D eigenvalue weighted by atomic mass is 32.1. The standard InChI is InChI=1S/C18H23N3O2S/c1-13-5-4-10-20(11-8-13)16(22)9-12-21-17(23)14-6-2-3-7-15(14)19-18(21)24/h2-3,6-7,13H,4-5,8-12H2,1H3,(H,19,24). The summed E-state index contributed by atoms with van der Waals surface area (Å²) in [6.45, 7) is 4.20. The number of rotatable bonds is 3. The zero-order valence-electron chi connectivity index (χ0n) is 14.0. The zero-order valence-corrected chi connectivity index (χ0v) is 14.8. The Bertz CT molecular complexity index is 855. The van der Waals surface area contributed by atoms with Gasteiger partial charge in [0.2, 0.25) is 5.91 Å². The Morgan fingerprint density at radius 2 is 2.08 bits per heavy atom. The van der Waals surface area contributed by atoms with Crippen molar-refractivity contribution in [2.75, 3.05) is 13.1 Å². The van der Waals surface area contributed by atoms with Crippen LogP contribution in [0.25, 0.3) is 10.9 Å². The van der Waals surface area contributed by atoms with Gasteiger partial charge in [-0.25, -0.2) is 0 Å². The molecular formula is C18H23N3O2S. The number of aromatic amines is 1. The van der Waals surface area contributed by atoms with Gasteiger partial charge in [-0.2, -0.15) is 0 Å². The number of amides is 1. The minimum atomic E-state index is -0.133. The third-order valence-electron chi connectivity index (χ3n) is 4.81.